The van der Waals surface area contributed by atoms with Gasteiger partial charge in [0.05, 0.1) is 6.54 Å². The minimum absolute atomic E-state index is 0.0594. The van der Waals surface area contributed by atoms with E-state index in [9.17, 15) is 4.79 Å². The molecule has 4 saturated carbocycles. The normalized spacial score (nSPS) is 33.3. The van der Waals surface area contributed by atoms with Crippen molar-refractivity contribution in [1.82, 2.24) is 10.2 Å². The van der Waals surface area contributed by atoms with Gasteiger partial charge in [0.2, 0.25) is 0 Å². The number of urea groups is 1. The van der Waals surface area contributed by atoms with Gasteiger partial charge in [0, 0.05) is 13.1 Å². The molecule has 4 fully saturated rings. The smallest absolute Gasteiger partial charge is 0.317 e. The van der Waals surface area contributed by atoms with Gasteiger partial charge < -0.3 is 15.0 Å². The van der Waals surface area contributed by atoms with E-state index in [1.54, 1.807) is 4.90 Å². The molecule has 4 nitrogen and oxygen atoms in total. The number of amides is 2. The van der Waals surface area contributed by atoms with Gasteiger partial charge in [-0.1, -0.05) is 18.2 Å². The second-order valence-electron chi connectivity index (χ2n) is 7.99. The van der Waals surface area contributed by atoms with Crippen LogP contribution in [0.4, 0.5) is 4.79 Å². The van der Waals surface area contributed by atoms with E-state index in [0.717, 1.165) is 29.4 Å². The number of nitrogens with zero attached hydrogens (tertiary/aromatic N) is 1. The zero-order valence-corrected chi connectivity index (χ0v) is 14.5. The molecule has 1 aromatic carbocycles. The first-order chi connectivity index (χ1) is 11.7. The Morgan fingerprint density at radius 2 is 1.71 bits per heavy atom. The summed E-state index contributed by atoms with van der Waals surface area (Å²) in [5, 5.41) is 3.34. The van der Waals surface area contributed by atoms with Crippen molar-refractivity contribution < 1.29 is 9.53 Å². The molecule has 5 rings (SSSR count). The molecular formula is C20H28N2O2. The van der Waals surface area contributed by atoms with E-state index in [-0.39, 0.29) is 6.03 Å². The fourth-order valence-electron chi connectivity index (χ4n) is 5.33. The molecule has 24 heavy (non-hydrogen) atoms. The lowest BCUT2D eigenvalue weighted by Crippen LogP contribution is -2.57. The fourth-order valence-corrected chi connectivity index (χ4v) is 5.33. The molecule has 4 aliphatic carbocycles. The highest BCUT2D eigenvalue weighted by Gasteiger charge is 2.48. The average Bonchev–Trinajstić information content (AvgIpc) is 2.58. The van der Waals surface area contributed by atoms with Crippen LogP contribution in [-0.2, 0) is 0 Å². The Balaban J connectivity index is 1.25. The molecule has 1 N–H and O–H groups in total. The molecule has 0 radical (unpaired) electrons. The quantitative estimate of drug-likeness (QED) is 0.898. The van der Waals surface area contributed by atoms with E-state index in [0.29, 0.717) is 19.2 Å². The van der Waals surface area contributed by atoms with Crippen molar-refractivity contribution in [2.75, 3.05) is 20.2 Å². The highest BCUT2D eigenvalue weighted by atomic mass is 16.5. The van der Waals surface area contributed by atoms with Gasteiger partial charge in [0.15, 0.2) is 0 Å². The van der Waals surface area contributed by atoms with Crippen LogP contribution < -0.4 is 10.1 Å². The summed E-state index contributed by atoms with van der Waals surface area (Å²) in [5.74, 6) is 4.18. The van der Waals surface area contributed by atoms with Crippen LogP contribution in [0.15, 0.2) is 30.3 Å². The van der Waals surface area contributed by atoms with Gasteiger partial charge >= 0.3 is 6.03 Å². The minimum atomic E-state index is 0.0594. The summed E-state index contributed by atoms with van der Waals surface area (Å²) in [6, 6.07) is 10.2. The third kappa shape index (κ3) is 3.24. The predicted octanol–water partition coefficient (Wildman–Crippen LogP) is 3.53. The molecular weight excluding hydrogens is 300 g/mol. The molecule has 0 unspecified atom stereocenters. The first-order valence-corrected chi connectivity index (χ1v) is 9.38. The minimum Gasteiger partial charge on any atom is -0.492 e. The van der Waals surface area contributed by atoms with Crippen LogP contribution in [0.1, 0.15) is 32.1 Å². The predicted molar refractivity (Wildman–Crippen MR) is 93.9 cm³/mol. The van der Waals surface area contributed by atoms with Crippen LogP contribution in [0.2, 0.25) is 0 Å². The molecule has 0 aliphatic heterocycles. The molecule has 4 bridgehead atoms. The molecule has 1 aromatic rings. The van der Waals surface area contributed by atoms with E-state index >= 15 is 0 Å². The molecule has 0 atom stereocenters. The largest absolute Gasteiger partial charge is 0.492 e. The van der Waals surface area contributed by atoms with Crippen LogP contribution >= 0.6 is 0 Å². The highest BCUT2D eigenvalue weighted by Crippen LogP contribution is 2.53. The SMILES string of the molecule is CN(CCOc1ccccc1)C(=O)NC1C2CC3CC(C2)CC1C3. The Kier molecular flexibility index (Phi) is 4.38. The molecule has 2 amide bonds. The van der Waals surface area contributed by atoms with E-state index in [1.165, 1.54) is 32.1 Å². The Bertz CT molecular complexity index is 546. The maximum absolute atomic E-state index is 12.5. The number of hydrogen-bond acceptors (Lipinski definition) is 2. The lowest BCUT2D eigenvalue weighted by Gasteiger charge is -2.54. The number of rotatable bonds is 5. The average molecular weight is 328 g/mol. The topological polar surface area (TPSA) is 41.6 Å². The lowest BCUT2D eigenvalue weighted by atomic mass is 9.54. The maximum atomic E-state index is 12.5. The highest BCUT2D eigenvalue weighted by molar-refractivity contribution is 5.74. The summed E-state index contributed by atoms with van der Waals surface area (Å²) in [4.78, 5) is 14.3. The van der Waals surface area contributed by atoms with Gasteiger partial charge in [0.1, 0.15) is 12.4 Å². The summed E-state index contributed by atoms with van der Waals surface area (Å²) < 4.78 is 5.69. The number of para-hydroxylation sites is 1. The van der Waals surface area contributed by atoms with Gasteiger partial charge in [0.25, 0.3) is 0 Å². The van der Waals surface area contributed by atoms with E-state index in [4.69, 9.17) is 4.74 Å². The standard InChI is InChI=1S/C20H28N2O2/c1-22(7-8-24-18-5-3-2-4-6-18)20(23)21-19-16-10-14-9-15(12-16)13-17(19)11-14/h2-6,14-17,19H,7-13H2,1H3,(H,21,23). The van der Waals surface area contributed by atoms with Crippen LogP contribution in [0.25, 0.3) is 0 Å². The summed E-state index contributed by atoms with van der Waals surface area (Å²) in [6.07, 6.45) is 6.78. The number of nitrogens with one attached hydrogen (secondary N) is 1. The van der Waals surface area contributed by atoms with Gasteiger partial charge in [-0.2, -0.15) is 0 Å². The first-order valence-electron chi connectivity index (χ1n) is 9.38. The Labute approximate surface area is 144 Å². The van der Waals surface area contributed by atoms with Crippen LogP contribution in [0, 0.1) is 23.7 Å². The number of benzene rings is 1. The van der Waals surface area contributed by atoms with Crippen molar-refractivity contribution in [2.24, 2.45) is 23.7 Å². The van der Waals surface area contributed by atoms with Gasteiger partial charge in [-0.15, -0.1) is 0 Å². The zero-order chi connectivity index (χ0) is 16.5. The number of carbonyl (C=O) groups is 1. The van der Waals surface area contributed by atoms with Crippen molar-refractivity contribution in [1.29, 1.82) is 0 Å². The first kappa shape index (κ1) is 15.8. The molecule has 0 aromatic heterocycles. The summed E-state index contributed by atoms with van der Waals surface area (Å²) >= 11 is 0. The fraction of sp³-hybridized carbons (Fsp3) is 0.650. The van der Waals surface area contributed by atoms with Gasteiger partial charge in [-0.25, -0.2) is 4.79 Å². The monoisotopic (exact) mass is 328 g/mol. The Morgan fingerprint density at radius 1 is 1.08 bits per heavy atom. The van der Waals surface area contributed by atoms with Crippen LogP contribution in [0.5, 0.6) is 5.75 Å². The van der Waals surface area contributed by atoms with Crippen molar-refractivity contribution in [2.45, 2.75) is 38.1 Å². The number of carbonyl (C=O) groups excluding carboxylic acids is 1. The molecule has 0 spiro atoms. The number of ether oxygens (including phenoxy) is 1. The molecule has 0 heterocycles. The van der Waals surface area contributed by atoms with E-state index in [1.807, 2.05) is 37.4 Å². The second-order valence-corrected chi connectivity index (χ2v) is 7.99. The van der Waals surface area contributed by atoms with Gasteiger partial charge in [-0.3, -0.25) is 0 Å². The zero-order valence-electron chi connectivity index (χ0n) is 14.5. The molecule has 0 saturated heterocycles. The van der Waals surface area contributed by atoms with Crippen LogP contribution in [0.3, 0.4) is 0 Å². The number of hydrogen-bond donors (Lipinski definition) is 1. The molecule has 4 heteroatoms. The van der Waals surface area contributed by atoms with Crippen molar-refractivity contribution in [3.8, 4) is 5.75 Å². The van der Waals surface area contributed by atoms with E-state index < -0.39 is 0 Å². The molecule has 130 valence electrons. The lowest BCUT2D eigenvalue weighted by molar-refractivity contribution is -0.0108. The van der Waals surface area contributed by atoms with Crippen molar-refractivity contribution in [3.05, 3.63) is 30.3 Å². The van der Waals surface area contributed by atoms with E-state index in [2.05, 4.69) is 5.32 Å². The van der Waals surface area contributed by atoms with Gasteiger partial charge in [-0.05, 0) is 67.9 Å². The summed E-state index contributed by atoms with van der Waals surface area (Å²) in [5.41, 5.74) is 0. The summed E-state index contributed by atoms with van der Waals surface area (Å²) in [7, 11) is 1.86. The third-order valence-electron chi connectivity index (χ3n) is 6.30. The van der Waals surface area contributed by atoms with Crippen molar-refractivity contribution in [3.63, 3.8) is 0 Å². The number of likely N-dealkylation sites (N-methyl/N-ethyl adjacent to an activating group) is 1. The second kappa shape index (κ2) is 6.66. The summed E-state index contributed by atoms with van der Waals surface area (Å²) in [6.45, 7) is 1.13. The Hall–Kier alpha value is -1.71. The molecule has 4 aliphatic rings. The van der Waals surface area contributed by atoms with Crippen LogP contribution in [-0.4, -0.2) is 37.2 Å². The third-order valence-corrected chi connectivity index (χ3v) is 6.30. The maximum Gasteiger partial charge on any atom is 0.317 e. The van der Waals surface area contributed by atoms with Crippen molar-refractivity contribution >= 4 is 6.03 Å². The Morgan fingerprint density at radius 3 is 2.33 bits per heavy atom.